The number of para-hydroxylation sites is 1. The number of nitrogens with zero attached hydrogens (tertiary/aromatic N) is 1. The molecule has 1 fully saturated rings. The Morgan fingerprint density at radius 1 is 0.864 bits per heavy atom. The largest absolute Gasteiger partial charge is 0.351 e. The second-order valence-electron chi connectivity index (χ2n) is 6.50. The molecule has 0 bridgehead atoms. The van der Waals surface area contributed by atoms with Crippen molar-refractivity contribution < 1.29 is 4.74 Å². The van der Waals surface area contributed by atoms with Gasteiger partial charge >= 0.3 is 0 Å². The third kappa shape index (κ3) is 6.83. The van der Waals surface area contributed by atoms with E-state index in [1.807, 2.05) is 0 Å². The fraction of sp³-hybridized carbons (Fsp3) is 0.700. The third-order valence-electron chi connectivity index (χ3n) is 4.50. The zero-order valence-electron chi connectivity index (χ0n) is 14.3. The van der Waals surface area contributed by atoms with Crippen molar-refractivity contribution in [2.45, 2.75) is 77.4 Å². The first kappa shape index (κ1) is 17.3. The average Bonchev–Trinajstić information content (AvgIpc) is 3.38. The highest BCUT2D eigenvalue weighted by Crippen LogP contribution is 2.24. The van der Waals surface area contributed by atoms with Crippen molar-refractivity contribution >= 4 is 5.69 Å². The molecule has 124 valence electrons. The number of benzene rings is 1. The van der Waals surface area contributed by atoms with Gasteiger partial charge in [0.25, 0.3) is 0 Å². The van der Waals surface area contributed by atoms with Crippen LogP contribution < -0.4 is 4.90 Å². The lowest BCUT2D eigenvalue weighted by molar-refractivity contribution is 0.395. The van der Waals surface area contributed by atoms with Crippen LogP contribution in [0.1, 0.15) is 71.1 Å². The van der Waals surface area contributed by atoms with Crippen molar-refractivity contribution in [3.05, 3.63) is 30.3 Å². The van der Waals surface area contributed by atoms with Gasteiger partial charge in [0.2, 0.25) is 0 Å². The Balaban J connectivity index is 1.50. The zero-order chi connectivity index (χ0) is 15.5. The Labute approximate surface area is 136 Å². The van der Waals surface area contributed by atoms with Gasteiger partial charge in [0.1, 0.15) is 0 Å². The number of unbranched alkanes of at least 4 members (excludes halogenated alkanes) is 9. The molecule has 0 radical (unpaired) electrons. The standard InChI is InChI=1S/C20H33NO/c1-2-3-4-5-6-7-8-9-10-14-17-21(20-18-22-20)19-15-12-11-13-16-19/h11-13,15-16,20H,2-10,14,17-18H2,1H3. The summed E-state index contributed by atoms with van der Waals surface area (Å²) in [6, 6.07) is 10.7. The Kier molecular flexibility index (Phi) is 8.40. The molecular weight excluding hydrogens is 270 g/mol. The van der Waals surface area contributed by atoms with E-state index in [1.165, 1.54) is 69.9 Å². The van der Waals surface area contributed by atoms with Gasteiger partial charge in [-0.05, 0) is 18.6 Å². The molecule has 0 spiro atoms. The Bertz CT molecular complexity index is 375. The molecule has 2 heteroatoms. The van der Waals surface area contributed by atoms with E-state index >= 15 is 0 Å². The van der Waals surface area contributed by atoms with Gasteiger partial charge in [0.15, 0.2) is 6.23 Å². The lowest BCUT2D eigenvalue weighted by Gasteiger charge is -2.22. The number of epoxide rings is 1. The van der Waals surface area contributed by atoms with Crippen LogP contribution in [0.25, 0.3) is 0 Å². The van der Waals surface area contributed by atoms with Crippen molar-refractivity contribution in [1.82, 2.24) is 0 Å². The van der Waals surface area contributed by atoms with Crippen LogP contribution in [0.15, 0.2) is 30.3 Å². The highest BCUT2D eigenvalue weighted by molar-refractivity contribution is 5.47. The summed E-state index contributed by atoms with van der Waals surface area (Å²) in [6.07, 6.45) is 14.3. The first-order chi connectivity index (χ1) is 10.9. The van der Waals surface area contributed by atoms with Crippen LogP contribution in [0.5, 0.6) is 0 Å². The molecule has 0 saturated carbocycles. The topological polar surface area (TPSA) is 15.8 Å². The molecule has 22 heavy (non-hydrogen) atoms. The minimum absolute atomic E-state index is 0.334. The van der Waals surface area contributed by atoms with Crippen molar-refractivity contribution in [3.63, 3.8) is 0 Å². The molecular formula is C20H33NO. The summed E-state index contributed by atoms with van der Waals surface area (Å²) in [4.78, 5) is 2.42. The monoisotopic (exact) mass is 303 g/mol. The summed E-state index contributed by atoms with van der Waals surface area (Å²) in [5, 5.41) is 0. The quantitative estimate of drug-likeness (QED) is 0.339. The van der Waals surface area contributed by atoms with E-state index in [2.05, 4.69) is 42.2 Å². The van der Waals surface area contributed by atoms with E-state index < -0.39 is 0 Å². The lowest BCUT2D eigenvalue weighted by Crippen LogP contribution is -2.27. The van der Waals surface area contributed by atoms with E-state index in [9.17, 15) is 0 Å². The average molecular weight is 303 g/mol. The Hall–Kier alpha value is -1.02. The van der Waals surface area contributed by atoms with Gasteiger partial charge in [0.05, 0.1) is 6.61 Å². The maximum atomic E-state index is 5.49. The summed E-state index contributed by atoms with van der Waals surface area (Å²) in [7, 11) is 0. The van der Waals surface area contributed by atoms with E-state index in [0.29, 0.717) is 6.23 Å². The van der Waals surface area contributed by atoms with Crippen LogP contribution in [0.3, 0.4) is 0 Å². The van der Waals surface area contributed by atoms with Crippen LogP contribution in [0.2, 0.25) is 0 Å². The number of anilines is 1. The number of rotatable bonds is 13. The normalized spacial score (nSPS) is 16.7. The predicted octanol–water partition coefficient (Wildman–Crippen LogP) is 5.77. The minimum atomic E-state index is 0.334. The Morgan fingerprint density at radius 2 is 1.41 bits per heavy atom. The summed E-state index contributed by atoms with van der Waals surface area (Å²) in [6.45, 7) is 4.31. The van der Waals surface area contributed by atoms with Gasteiger partial charge in [0, 0.05) is 12.2 Å². The lowest BCUT2D eigenvalue weighted by atomic mass is 10.1. The van der Waals surface area contributed by atoms with Crippen LogP contribution in [0.4, 0.5) is 5.69 Å². The van der Waals surface area contributed by atoms with Crippen molar-refractivity contribution in [1.29, 1.82) is 0 Å². The molecule has 0 N–H and O–H groups in total. The van der Waals surface area contributed by atoms with E-state index in [0.717, 1.165) is 13.2 Å². The zero-order valence-corrected chi connectivity index (χ0v) is 14.3. The molecule has 1 atom stereocenters. The van der Waals surface area contributed by atoms with Crippen molar-refractivity contribution in [2.75, 3.05) is 18.1 Å². The second kappa shape index (κ2) is 10.7. The molecule has 0 aromatic heterocycles. The highest BCUT2D eigenvalue weighted by atomic mass is 16.6. The Morgan fingerprint density at radius 3 is 1.95 bits per heavy atom. The summed E-state index contributed by atoms with van der Waals surface area (Å²) >= 11 is 0. The van der Waals surface area contributed by atoms with Gasteiger partial charge in [-0.15, -0.1) is 0 Å². The van der Waals surface area contributed by atoms with E-state index in [-0.39, 0.29) is 0 Å². The molecule has 2 rings (SSSR count). The van der Waals surface area contributed by atoms with Crippen LogP contribution >= 0.6 is 0 Å². The minimum Gasteiger partial charge on any atom is -0.351 e. The molecule has 1 heterocycles. The predicted molar refractivity (Wildman–Crippen MR) is 95.4 cm³/mol. The van der Waals surface area contributed by atoms with Gasteiger partial charge in [-0.2, -0.15) is 0 Å². The second-order valence-corrected chi connectivity index (χ2v) is 6.50. The first-order valence-electron chi connectivity index (χ1n) is 9.35. The maximum Gasteiger partial charge on any atom is 0.154 e. The highest BCUT2D eigenvalue weighted by Gasteiger charge is 2.29. The van der Waals surface area contributed by atoms with E-state index in [1.54, 1.807) is 0 Å². The van der Waals surface area contributed by atoms with Crippen LogP contribution in [-0.2, 0) is 4.74 Å². The molecule has 0 aliphatic carbocycles. The van der Waals surface area contributed by atoms with Gasteiger partial charge in [-0.3, -0.25) is 0 Å². The van der Waals surface area contributed by atoms with Crippen molar-refractivity contribution in [3.8, 4) is 0 Å². The molecule has 1 unspecified atom stereocenters. The summed E-state index contributed by atoms with van der Waals surface area (Å²) in [5.41, 5.74) is 1.31. The first-order valence-corrected chi connectivity index (χ1v) is 9.35. The van der Waals surface area contributed by atoms with Gasteiger partial charge < -0.3 is 9.64 Å². The van der Waals surface area contributed by atoms with E-state index in [4.69, 9.17) is 4.74 Å². The molecule has 1 aromatic rings. The number of ether oxygens (including phenoxy) is 1. The fourth-order valence-electron chi connectivity index (χ4n) is 3.05. The van der Waals surface area contributed by atoms with Crippen LogP contribution in [0, 0.1) is 0 Å². The smallest absolute Gasteiger partial charge is 0.154 e. The molecule has 1 aliphatic heterocycles. The van der Waals surface area contributed by atoms with Crippen LogP contribution in [-0.4, -0.2) is 19.4 Å². The molecule has 0 amide bonds. The SMILES string of the molecule is CCCCCCCCCCCCN(c1ccccc1)C1CO1. The molecule has 1 saturated heterocycles. The third-order valence-corrected chi connectivity index (χ3v) is 4.50. The molecule has 1 aromatic carbocycles. The summed E-state index contributed by atoms with van der Waals surface area (Å²) < 4.78 is 5.49. The molecule has 2 nitrogen and oxygen atoms in total. The van der Waals surface area contributed by atoms with Gasteiger partial charge in [-0.1, -0.05) is 82.9 Å². The molecule has 1 aliphatic rings. The number of hydrogen-bond donors (Lipinski definition) is 0. The number of hydrogen-bond acceptors (Lipinski definition) is 2. The van der Waals surface area contributed by atoms with Crippen molar-refractivity contribution in [2.24, 2.45) is 0 Å². The maximum absolute atomic E-state index is 5.49. The van der Waals surface area contributed by atoms with Gasteiger partial charge in [-0.25, -0.2) is 0 Å². The summed E-state index contributed by atoms with van der Waals surface area (Å²) in [5.74, 6) is 0. The fourth-order valence-corrected chi connectivity index (χ4v) is 3.05.